The summed E-state index contributed by atoms with van der Waals surface area (Å²) in [5, 5.41) is 18.5. The predicted octanol–water partition coefficient (Wildman–Crippen LogP) is 0.756. The van der Waals surface area contributed by atoms with Gasteiger partial charge >= 0.3 is 0 Å². The molecule has 3 N–H and O–H groups in total. The van der Waals surface area contributed by atoms with Crippen LogP contribution in [0.5, 0.6) is 11.5 Å². The largest absolute Gasteiger partial charge is 0.504 e. The monoisotopic (exact) mass is 214 g/mol. The minimum atomic E-state index is -0.347. The fourth-order valence-electron chi connectivity index (χ4n) is 1.09. The van der Waals surface area contributed by atoms with Gasteiger partial charge in [0, 0.05) is 6.07 Å². The van der Waals surface area contributed by atoms with Crippen molar-refractivity contribution in [2.24, 2.45) is 0 Å². The van der Waals surface area contributed by atoms with Gasteiger partial charge in [0.15, 0.2) is 11.5 Å². The molecule has 0 amide bonds. The second-order valence-electron chi connectivity index (χ2n) is 2.59. The van der Waals surface area contributed by atoms with E-state index in [0.717, 1.165) is 0 Å². The molecule has 14 heavy (non-hydrogen) atoms. The van der Waals surface area contributed by atoms with E-state index in [4.69, 9.17) is 10.2 Å². The van der Waals surface area contributed by atoms with Gasteiger partial charge in [-0.3, -0.25) is 4.79 Å². The smallest absolute Gasteiger partial charge is 0.258 e. The van der Waals surface area contributed by atoms with Crippen molar-refractivity contribution in [1.29, 1.82) is 0 Å². The van der Waals surface area contributed by atoms with Gasteiger partial charge in [-0.05, 0) is 6.07 Å². The van der Waals surface area contributed by atoms with Crippen molar-refractivity contribution < 1.29 is 10.2 Å². The number of hydrogen-bond donors (Lipinski definition) is 3. The minimum Gasteiger partial charge on any atom is -0.504 e. The average molecular weight is 215 g/mol. The normalized spacial score (nSPS) is 9.71. The molecule has 0 bridgehead atoms. The van der Waals surface area contributed by atoms with Crippen LogP contribution in [-0.4, -0.2) is 20.2 Å². The first-order chi connectivity index (χ1) is 6.18. The third kappa shape index (κ3) is 1.49. The summed E-state index contributed by atoms with van der Waals surface area (Å²) in [5.74, 6) is -0.614. The van der Waals surface area contributed by atoms with Crippen LogP contribution in [-0.2, 0) is 0 Å². The van der Waals surface area contributed by atoms with Crippen LogP contribution in [0.4, 0.5) is 0 Å². The van der Waals surface area contributed by atoms with Gasteiger partial charge < -0.3 is 15.2 Å². The summed E-state index contributed by atoms with van der Waals surface area (Å²) < 4.78 is 0. The maximum absolute atomic E-state index is 11.2. The molecule has 2 rings (SSSR count). The maximum Gasteiger partial charge on any atom is 0.258 e. The molecular weight excluding hydrogens is 208 g/mol. The predicted molar refractivity (Wildman–Crippen MR) is 52.9 cm³/mol. The summed E-state index contributed by atoms with van der Waals surface area (Å²) in [6, 6.07) is 2.41. The second-order valence-corrected chi connectivity index (χ2v) is 2.59. The Morgan fingerprint density at radius 3 is 2.57 bits per heavy atom. The Morgan fingerprint density at radius 2 is 1.86 bits per heavy atom. The van der Waals surface area contributed by atoms with Gasteiger partial charge in [-0.25, -0.2) is 4.98 Å². The number of nitrogens with one attached hydrogen (secondary N) is 1. The molecule has 0 aliphatic heterocycles. The zero-order valence-corrected chi connectivity index (χ0v) is 7.71. The molecule has 0 saturated carbocycles. The van der Waals surface area contributed by atoms with Crippen molar-refractivity contribution in [3.63, 3.8) is 0 Å². The molecule has 74 valence electrons. The summed E-state index contributed by atoms with van der Waals surface area (Å²) in [6.07, 6.45) is 1.24. The van der Waals surface area contributed by atoms with E-state index in [1.807, 2.05) is 0 Å². The standard InChI is InChI=1S/C8H6N2O3.ClH/c11-6-1-4-5(2-7(6)12)9-3-10-8(4)13;/h1-3,11-12H,(H,9,10,13);1H. The lowest BCUT2D eigenvalue weighted by Gasteiger charge is -1.98. The third-order valence-electron chi connectivity index (χ3n) is 1.74. The first-order valence-corrected chi connectivity index (χ1v) is 3.58. The number of benzene rings is 1. The molecule has 6 heteroatoms. The highest BCUT2D eigenvalue weighted by molar-refractivity contribution is 5.85. The highest BCUT2D eigenvalue weighted by Crippen LogP contribution is 2.26. The summed E-state index contributed by atoms with van der Waals surface area (Å²) in [6.45, 7) is 0. The fourth-order valence-corrected chi connectivity index (χ4v) is 1.09. The Balaban J connectivity index is 0.000000980. The van der Waals surface area contributed by atoms with E-state index in [1.54, 1.807) is 0 Å². The average Bonchev–Trinajstić information content (AvgIpc) is 2.09. The van der Waals surface area contributed by atoms with Crippen LogP contribution in [0.25, 0.3) is 10.9 Å². The van der Waals surface area contributed by atoms with E-state index in [9.17, 15) is 4.79 Å². The van der Waals surface area contributed by atoms with Crippen molar-refractivity contribution in [3.8, 4) is 11.5 Å². The van der Waals surface area contributed by atoms with E-state index in [2.05, 4.69) is 9.97 Å². The molecule has 0 unspecified atom stereocenters. The molecule has 5 nitrogen and oxygen atoms in total. The quantitative estimate of drug-likeness (QED) is 0.565. The summed E-state index contributed by atoms with van der Waals surface area (Å²) in [7, 11) is 0. The van der Waals surface area contributed by atoms with Crippen molar-refractivity contribution in [1.82, 2.24) is 9.97 Å². The minimum absolute atomic E-state index is 0. The van der Waals surface area contributed by atoms with Crippen LogP contribution in [0.15, 0.2) is 23.3 Å². The number of phenolic OH excluding ortho intramolecular Hbond substituents is 2. The van der Waals surface area contributed by atoms with Crippen molar-refractivity contribution in [2.75, 3.05) is 0 Å². The SMILES string of the molecule is Cl.O=c1[nH]cnc2cc(O)c(O)cc12. The van der Waals surface area contributed by atoms with Gasteiger partial charge in [-0.2, -0.15) is 0 Å². The molecule has 0 aliphatic rings. The number of H-pyrrole nitrogens is 1. The first kappa shape index (κ1) is 10.3. The lowest BCUT2D eigenvalue weighted by Crippen LogP contribution is -2.05. The number of rotatable bonds is 0. The molecule has 0 aliphatic carbocycles. The number of aromatic nitrogens is 2. The Morgan fingerprint density at radius 1 is 1.21 bits per heavy atom. The zero-order valence-electron chi connectivity index (χ0n) is 6.89. The number of aromatic amines is 1. The van der Waals surface area contributed by atoms with Crippen molar-refractivity contribution >= 4 is 23.3 Å². The lowest BCUT2D eigenvalue weighted by atomic mass is 10.2. The van der Waals surface area contributed by atoms with Gasteiger partial charge in [0.2, 0.25) is 0 Å². The van der Waals surface area contributed by atoms with Crippen molar-refractivity contribution in [2.45, 2.75) is 0 Å². The Hall–Kier alpha value is -1.75. The molecule has 1 aromatic carbocycles. The number of aromatic hydroxyl groups is 2. The van der Waals surface area contributed by atoms with Gasteiger partial charge in [-0.1, -0.05) is 0 Å². The Labute approximate surface area is 84.5 Å². The van der Waals surface area contributed by atoms with Crippen LogP contribution in [0.2, 0.25) is 0 Å². The van der Waals surface area contributed by atoms with E-state index >= 15 is 0 Å². The van der Waals surface area contributed by atoms with Crippen LogP contribution in [0.3, 0.4) is 0 Å². The highest BCUT2D eigenvalue weighted by atomic mass is 35.5. The van der Waals surface area contributed by atoms with E-state index < -0.39 is 0 Å². The van der Waals surface area contributed by atoms with Crippen LogP contribution < -0.4 is 5.56 Å². The molecule has 1 aromatic heterocycles. The van der Waals surface area contributed by atoms with E-state index in [-0.39, 0.29) is 34.9 Å². The number of halogens is 1. The topological polar surface area (TPSA) is 86.2 Å². The molecule has 1 heterocycles. The molecule has 0 fully saturated rings. The van der Waals surface area contributed by atoms with Crippen LogP contribution in [0.1, 0.15) is 0 Å². The number of fused-ring (bicyclic) bond motifs is 1. The lowest BCUT2D eigenvalue weighted by molar-refractivity contribution is 0.404. The number of phenols is 2. The van der Waals surface area contributed by atoms with E-state index in [0.29, 0.717) is 5.52 Å². The molecule has 0 spiro atoms. The molecule has 0 radical (unpaired) electrons. The van der Waals surface area contributed by atoms with Gasteiger partial charge in [0.25, 0.3) is 5.56 Å². The van der Waals surface area contributed by atoms with Crippen LogP contribution in [0, 0.1) is 0 Å². The molecular formula is C8H7ClN2O3. The summed E-state index contributed by atoms with van der Waals surface area (Å²) in [5.41, 5.74) is -0.000602. The summed E-state index contributed by atoms with van der Waals surface area (Å²) in [4.78, 5) is 17.3. The Kier molecular flexibility index (Phi) is 2.62. The maximum atomic E-state index is 11.2. The molecule has 2 aromatic rings. The zero-order chi connectivity index (χ0) is 9.42. The second kappa shape index (κ2) is 3.55. The van der Waals surface area contributed by atoms with Gasteiger partial charge in [-0.15, -0.1) is 12.4 Å². The highest BCUT2D eigenvalue weighted by Gasteiger charge is 2.04. The Bertz CT molecular complexity index is 523. The molecule has 0 atom stereocenters. The third-order valence-corrected chi connectivity index (χ3v) is 1.74. The van der Waals surface area contributed by atoms with Crippen LogP contribution >= 0.6 is 12.4 Å². The molecule has 0 saturated heterocycles. The first-order valence-electron chi connectivity index (χ1n) is 3.58. The number of hydrogen-bond acceptors (Lipinski definition) is 4. The van der Waals surface area contributed by atoms with E-state index in [1.165, 1.54) is 18.5 Å². The number of nitrogens with zero attached hydrogens (tertiary/aromatic N) is 1. The fraction of sp³-hybridized carbons (Fsp3) is 0. The van der Waals surface area contributed by atoms with Gasteiger partial charge in [0.1, 0.15) is 0 Å². The van der Waals surface area contributed by atoms with Gasteiger partial charge in [0.05, 0.1) is 17.2 Å². The van der Waals surface area contributed by atoms with Crippen molar-refractivity contribution in [3.05, 3.63) is 28.8 Å². The summed E-state index contributed by atoms with van der Waals surface area (Å²) >= 11 is 0.